The first kappa shape index (κ1) is 12.7. The lowest BCUT2D eigenvalue weighted by Crippen LogP contribution is -2.39. The van der Waals surface area contributed by atoms with Crippen LogP contribution in [-0.2, 0) is 14.3 Å². The van der Waals surface area contributed by atoms with E-state index in [0.29, 0.717) is 5.69 Å². The highest BCUT2D eigenvalue weighted by Gasteiger charge is 2.70. The zero-order chi connectivity index (χ0) is 15.0. The monoisotopic (exact) mass is 287 g/mol. The van der Waals surface area contributed by atoms with E-state index < -0.39 is 28.9 Å². The Kier molecular flexibility index (Phi) is 2.18. The Balaban J connectivity index is 1.80. The van der Waals surface area contributed by atoms with E-state index in [0.717, 1.165) is 0 Å². The second kappa shape index (κ2) is 3.60. The van der Waals surface area contributed by atoms with Crippen molar-refractivity contribution in [2.45, 2.75) is 25.0 Å². The van der Waals surface area contributed by atoms with Crippen LogP contribution in [0.1, 0.15) is 13.8 Å². The molecule has 3 heterocycles. The number of anilines is 1. The number of fused-ring (bicyclic) bond motifs is 5. The first-order valence-electron chi connectivity index (χ1n) is 6.90. The van der Waals surface area contributed by atoms with Crippen LogP contribution in [0.5, 0.6) is 0 Å². The summed E-state index contributed by atoms with van der Waals surface area (Å²) in [5, 5.41) is 0. The molecule has 0 aliphatic carbocycles. The molecule has 3 aliphatic rings. The Hall–Kier alpha value is -2.01. The van der Waals surface area contributed by atoms with Gasteiger partial charge in [0, 0.05) is 0 Å². The number of hydrogen-bond acceptors (Lipinski definition) is 3. The molecule has 0 N–H and O–H groups in total. The molecule has 0 unspecified atom stereocenters. The minimum Gasteiger partial charge on any atom is -0.359 e. The summed E-state index contributed by atoms with van der Waals surface area (Å²) >= 11 is 0. The molecular formula is C16H14FNO3. The van der Waals surface area contributed by atoms with E-state index in [4.69, 9.17) is 4.74 Å². The average molecular weight is 287 g/mol. The summed E-state index contributed by atoms with van der Waals surface area (Å²) in [6.45, 7) is 3.66. The zero-order valence-electron chi connectivity index (χ0n) is 11.7. The van der Waals surface area contributed by atoms with Crippen LogP contribution in [0.4, 0.5) is 10.1 Å². The summed E-state index contributed by atoms with van der Waals surface area (Å²) in [6, 6.07) is 5.40. The number of nitrogens with zero attached hydrogens (tertiary/aromatic N) is 1. The van der Waals surface area contributed by atoms with Crippen LogP contribution >= 0.6 is 0 Å². The Morgan fingerprint density at radius 3 is 1.95 bits per heavy atom. The molecule has 0 spiro atoms. The van der Waals surface area contributed by atoms with Gasteiger partial charge in [0.15, 0.2) is 0 Å². The van der Waals surface area contributed by atoms with Gasteiger partial charge >= 0.3 is 0 Å². The smallest absolute Gasteiger partial charge is 0.241 e. The number of amides is 2. The summed E-state index contributed by atoms with van der Waals surface area (Å²) in [7, 11) is 0. The van der Waals surface area contributed by atoms with Gasteiger partial charge in [-0.2, -0.15) is 0 Å². The molecule has 3 aliphatic heterocycles. The van der Waals surface area contributed by atoms with Crippen molar-refractivity contribution in [1.82, 2.24) is 0 Å². The highest BCUT2D eigenvalue weighted by Crippen LogP contribution is 2.57. The molecule has 4 atom stereocenters. The van der Waals surface area contributed by atoms with Crippen LogP contribution in [0, 0.1) is 17.7 Å². The van der Waals surface area contributed by atoms with E-state index in [1.165, 1.54) is 29.2 Å². The maximum absolute atomic E-state index is 13.0. The number of carbonyl (C=O) groups excluding carboxylic acids is 2. The number of hydrogen-bond donors (Lipinski definition) is 0. The van der Waals surface area contributed by atoms with E-state index >= 15 is 0 Å². The molecule has 0 radical (unpaired) electrons. The van der Waals surface area contributed by atoms with Crippen molar-refractivity contribution in [1.29, 1.82) is 0 Å². The molecule has 2 saturated heterocycles. The third-order valence-electron chi connectivity index (χ3n) is 4.81. The van der Waals surface area contributed by atoms with Gasteiger partial charge in [0.25, 0.3) is 0 Å². The second-order valence-electron chi connectivity index (χ2n) is 6.25. The summed E-state index contributed by atoms with van der Waals surface area (Å²) in [5.41, 5.74) is -1.06. The summed E-state index contributed by atoms with van der Waals surface area (Å²) in [4.78, 5) is 26.6. The predicted molar refractivity (Wildman–Crippen MR) is 72.9 cm³/mol. The summed E-state index contributed by atoms with van der Waals surface area (Å²) < 4.78 is 19.0. The molecule has 4 nitrogen and oxygen atoms in total. The molecule has 0 aromatic heterocycles. The fraction of sp³-hybridized carbons (Fsp3) is 0.375. The van der Waals surface area contributed by atoms with Crippen LogP contribution in [0.25, 0.3) is 0 Å². The first-order chi connectivity index (χ1) is 9.86. The van der Waals surface area contributed by atoms with Crippen molar-refractivity contribution in [3.8, 4) is 0 Å². The molecular weight excluding hydrogens is 273 g/mol. The van der Waals surface area contributed by atoms with E-state index in [1.807, 2.05) is 26.0 Å². The molecule has 5 heteroatoms. The maximum atomic E-state index is 13.0. The molecule has 2 fully saturated rings. The lowest BCUT2D eigenvalue weighted by Gasteiger charge is -2.25. The van der Waals surface area contributed by atoms with Gasteiger partial charge in [-0.05, 0) is 38.1 Å². The maximum Gasteiger partial charge on any atom is 0.241 e. The summed E-state index contributed by atoms with van der Waals surface area (Å²) in [6.07, 6.45) is 3.74. The number of halogens is 1. The number of carbonyl (C=O) groups is 2. The molecule has 2 amide bonds. The quantitative estimate of drug-likeness (QED) is 0.586. The number of benzene rings is 1. The van der Waals surface area contributed by atoms with Gasteiger partial charge in [0.2, 0.25) is 11.8 Å². The summed E-state index contributed by atoms with van der Waals surface area (Å²) in [5.74, 6) is -1.96. The van der Waals surface area contributed by atoms with Gasteiger partial charge in [-0.1, -0.05) is 12.2 Å². The number of rotatable bonds is 1. The minimum atomic E-state index is -0.735. The van der Waals surface area contributed by atoms with Crippen molar-refractivity contribution in [3.63, 3.8) is 0 Å². The highest BCUT2D eigenvalue weighted by molar-refractivity contribution is 6.23. The van der Waals surface area contributed by atoms with Gasteiger partial charge in [0.1, 0.15) is 5.82 Å². The van der Waals surface area contributed by atoms with Gasteiger partial charge < -0.3 is 4.74 Å². The molecule has 21 heavy (non-hydrogen) atoms. The second-order valence-corrected chi connectivity index (χ2v) is 6.25. The normalized spacial score (nSPS) is 40.2. The predicted octanol–water partition coefficient (Wildman–Crippen LogP) is 2.05. The molecule has 108 valence electrons. The molecule has 1 aromatic rings. The minimum absolute atomic E-state index is 0.271. The molecule has 4 rings (SSSR count). The van der Waals surface area contributed by atoms with Crippen molar-refractivity contribution in [3.05, 3.63) is 42.2 Å². The fourth-order valence-electron chi connectivity index (χ4n) is 3.88. The van der Waals surface area contributed by atoms with Crippen molar-refractivity contribution >= 4 is 17.5 Å². The van der Waals surface area contributed by atoms with Gasteiger partial charge in [-0.25, -0.2) is 9.29 Å². The largest absolute Gasteiger partial charge is 0.359 e. The standard InChI is InChI=1S/C16H14FNO3/c1-15-7-8-16(2,21-15)12-11(15)13(19)18(14(12)20)10-5-3-9(17)4-6-10/h3-8,11-12H,1-2H3/t11-,12+,15+,16-. The zero-order valence-corrected chi connectivity index (χ0v) is 11.7. The first-order valence-corrected chi connectivity index (χ1v) is 6.90. The Labute approximate surface area is 121 Å². The van der Waals surface area contributed by atoms with Crippen LogP contribution in [0.2, 0.25) is 0 Å². The Morgan fingerprint density at radius 1 is 1.00 bits per heavy atom. The van der Waals surface area contributed by atoms with Crippen LogP contribution < -0.4 is 4.90 Å². The van der Waals surface area contributed by atoms with Crippen LogP contribution in [0.15, 0.2) is 36.4 Å². The van der Waals surface area contributed by atoms with Gasteiger partial charge in [-0.3, -0.25) is 9.59 Å². The van der Waals surface area contributed by atoms with E-state index in [1.54, 1.807) is 0 Å². The van der Waals surface area contributed by atoms with Crippen molar-refractivity contribution in [2.24, 2.45) is 11.8 Å². The third kappa shape index (κ3) is 1.42. The van der Waals surface area contributed by atoms with Crippen LogP contribution in [-0.4, -0.2) is 23.0 Å². The Bertz CT molecular complexity index is 662. The van der Waals surface area contributed by atoms with Crippen molar-refractivity contribution < 1.29 is 18.7 Å². The lowest BCUT2D eigenvalue weighted by molar-refractivity contribution is -0.128. The van der Waals surface area contributed by atoms with E-state index in [9.17, 15) is 14.0 Å². The number of imide groups is 1. The molecule has 1 aromatic carbocycles. The lowest BCUT2D eigenvalue weighted by atomic mass is 9.73. The topological polar surface area (TPSA) is 46.6 Å². The van der Waals surface area contributed by atoms with Crippen molar-refractivity contribution in [2.75, 3.05) is 4.90 Å². The van der Waals surface area contributed by atoms with E-state index in [-0.39, 0.29) is 11.8 Å². The average Bonchev–Trinajstić information content (AvgIpc) is 2.97. The highest BCUT2D eigenvalue weighted by atomic mass is 19.1. The Morgan fingerprint density at radius 2 is 1.48 bits per heavy atom. The van der Waals surface area contributed by atoms with Gasteiger partial charge in [0.05, 0.1) is 28.7 Å². The van der Waals surface area contributed by atoms with Gasteiger partial charge in [-0.15, -0.1) is 0 Å². The van der Waals surface area contributed by atoms with E-state index in [2.05, 4.69) is 0 Å². The fourth-order valence-corrected chi connectivity index (χ4v) is 3.88. The molecule has 0 saturated carbocycles. The third-order valence-corrected chi connectivity index (χ3v) is 4.81. The van der Waals surface area contributed by atoms with Crippen LogP contribution in [0.3, 0.4) is 0 Å². The SMILES string of the molecule is C[C@]12C=C[C@](C)(O1)[C@H]1C(=O)N(c3ccc(F)cc3)C(=O)[C@H]12. The number of ether oxygens (including phenoxy) is 1. The molecule has 2 bridgehead atoms.